The maximum absolute atomic E-state index is 13.6. The minimum absolute atomic E-state index is 0.0184. The molecule has 1 heterocycles. The highest BCUT2D eigenvalue weighted by Gasteiger charge is 2.61. The van der Waals surface area contributed by atoms with Crippen molar-refractivity contribution in [2.24, 2.45) is 40.4 Å². The Morgan fingerprint density at radius 3 is 2.18 bits per heavy atom. The van der Waals surface area contributed by atoms with E-state index in [-0.39, 0.29) is 23.4 Å². The van der Waals surface area contributed by atoms with Crippen molar-refractivity contribution < 1.29 is 14.3 Å². The predicted molar refractivity (Wildman–Crippen MR) is 113 cm³/mol. The normalized spacial score (nSPS) is 36.5. The molecule has 3 aliphatic rings. The standard InChI is InChI=1S/C25H38O3/c1-14(2)12-17-18-13-16(15(3)4)10-11-25(18,9)28-21-19(17)20(26)23(5,6)22(27)24(21,7)8/h10-11,14-18H,12-13H2,1-9H3/t16?,17-,18-,25-/m0/s1. The van der Waals surface area contributed by atoms with Crippen molar-refractivity contribution in [2.75, 3.05) is 0 Å². The van der Waals surface area contributed by atoms with Crippen molar-refractivity contribution in [1.29, 1.82) is 0 Å². The average Bonchev–Trinajstić information content (AvgIpc) is 2.57. The number of hydrogen-bond acceptors (Lipinski definition) is 3. The van der Waals surface area contributed by atoms with Gasteiger partial charge in [0.1, 0.15) is 11.4 Å². The first-order chi connectivity index (χ1) is 12.7. The number of Topliss-reactive ketones (excluding diaryl/α,β-unsaturated/α-hetero) is 2. The Kier molecular flexibility index (Phi) is 5.00. The molecule has 2 aliphatic carbocycles. The van der Waals surface area contributed by atoms with Gasteiger partial charge in [0.15, 0.2) is 11.6 Å². The number of ketones is 2. The first kappa shape index (κ1) is 21.3. The molecule has 1 unspecified atom stereocenters. The Bertz CT molecular complexity index is 750. The Balaban J connectivity index is 2.21. The van der Waals surface area contributed by atoms with Gasteiger partial charge in [0, 0.05) is 11.5 Å². The Labute approximate surface area is 171 Å². The van der Waals surface area contributed by atoms with E-state index in [1.807, 2.05) is 13.8 Å². The van der Waals surface area contributed by atoms with Crippen LogP contribution < -0.4 is 0 Å². The SMILES string of the molecule is CC(C)C[C@@H]1C2=C(O[C@@]3(C)C=CC(C(C)C)C[C@@H]13)C(C)(C)C(=O)C(C)(C)C2=O. The van der Waals surface area contributed by atoms with Crippen LogP contribution in [0.25, 0.3) is 0 Å². The van der Waals surface area contributed by atoms with E-state index in [1.165, 1.54) is 0 Å². The van der Waals surface area contributed by atoms with Crippen molar-refractivity contribution in [1.82, 2.24) is 0 Å². The number of ether oxygens (including phenoxy) is 1. The van der Waals surface area contributed by atoms with Crippen LogP contribution in [0.5, 0.6) is 0 Å². The van der Waals surface area contributed by atoms with E-state index in [0.29, 0.717) is 23.5 Å². The van der Waals surface area contributed by atoms with Crippen LogP contribution in [0.1, 0.15) is 75.2 Å². The molecule has 0 fully saturated rings. The molecule has 4 atom stereocenters. The molecule has 0 aromatic heterocycles. The van der Waals surface area contributed by atoms with Gasteiger partial charge in [-0.2, -0.15) is 0 Å². The van der Waals surface area contributed by atoms with Crippen molar-refractivity contribution in [2.45, 2.75) is 80.8 Å². The molecule has 156 valence electrons. The van der Waals surface area contributed by atoms with Crippen LogP contribution in [0, 0.1) is 40.4 Å². The van der Waals surface area contributed by atoms with Gasteiger partial charge in [0.05, 0.1) is 10.8 Å². The lowest BCUT2D eigenvalue weighted by atomic mass is 9.55. The fraction of sp³-hybridized carbons (Fsp3) is 0.760. The number of carbonyl (C=O) groups is 2. The second-order valence-corrected chi connectivity index (χ2v) is 11.3. The van der Waals surface area contributed by atoms with Crippen molar-refractivity contribution >= 4 is 11.6 Å². The molecular formula is C25H38O3. The fourth-order valence-electron chi connectivity index (χ4n) is 5.71. The first-order valence-electron chi connectivity index (χ1n) is 11.0. The molecule has 0 bridgehead atoms. The number of rotatable bonds is 3. The second-order valence-electron chi connectivity index (χ2n) is 11.3. The Morgan fingerprint density at radius 2 is 1.64 bits per heavy atom. The molecule has 3 rings (SSSR count). The van der Waals surface area contributed by atoms with Gasteiger partial charge in [-0.1, -0.05) is 33.8 Å². The summed E-state index contributed by atoms with van der Waals surface area (Å²) in [6.45, 7) is 18.6. The molecule has 3 nitrogen and oxygen atoms in total. The van der Waals surface area contributed by atoms with Gasteiger partial charge in [-0.25, -0.2) is 0 Å². The molecular weight excluding hydrogens is 348 g/mol. The summed E-state index contributed by atoms with van der Waals surface area (Å²) in [7, 11) is 0. The molecule has 0 aromatic carbocycles. The van der Waals surface area contributed by atoms with Gasteiger partial charge in [-0.15, -0.1) is 0 Å². The Hall–Kier alpha value is -1.38. The van der Waals surface area contributed by atoms with Gasteiger partial charge >= 0.3 is 0 Å². The first-order valence-corrected chi connectivity index (χ1v) is 11.0. The van der Waals surface area contributed by atoms with Crippen molar-refractivity contribution in [3.63, 3.8) is 0 Å². The lowest BCUT2D eigenvalue weighted by Gasteiger charge is -2.55. The van der Waals surface area contributed by atoms with E-state index >= 15 is 0 Å². The molecule has 1 aliphatic heterocycles. The highest BCUT2D eigenvalue weighted by atomic mass is 16.5. The summed E-state index contributed by atoms with van der Waals surface area (Å²) >= 11 is 0. The van der Waals surface area contributed by atoms with E-state index in [4.69, 9.17) is 4.74 Å². The number of fused-ring (bicyclic) bond motifs is 1. The zero-order valence-electron chi connectivity index (χ0n) is 19.2. The quantitative estimate of drug-likeness (QED) is 0.458. The lowest BCUT2D eigenvalue weighted by molar-refractivity contribution is -0.152. The third kappa shape index (κ3) is 3.00. The summed E-state index contributed by atoms with van der Waals surface area (Å²) in [6.07, 6.45) is 6.49. The van der Waals surface area contributed by atoms with Crippen LogP contribution in [0.2, 0.25) is 0 Å². The van der Waals surface area contributed by atoms with Gasteiger partial charge in [-0.05, 0) is 77.2 Å². The molecule has 0 saturated heterocycles. The maximum Gasteiger partial charge on any atom is 0.175 e. The second kappa shape index (κ2) is 6.57. The largest absolute Gasteiger partial charge is 0.486 e. The van der Waals surface area contributed by atoms with Gasteiger partial charge in [0.25, 0.3) is 0 Å². The van der Waals surface area contributed by atoms with Gasteiger partial charge in [0.2, 0.25) is 0 Å². The summed E-state index contributed by atoms with van der Waals surface area (Å²) in [6, 6.07) is 0. The predicted octanol–water partition coefficient (Wildman–Crippen LogP) is 5.74. The van der Waals surface area contributed by atoms with Crippen LogP contribution >= 0.6 is 0 Å². The van der Waals surface area contributed by atoms with Crippen LogP contribution in [0.4, 0.5) is 0 Å². The zero-order chi connectivity index (χ0) is 21.2. The summed E-state index contributed by atoms with van der Waals surface area (Å²) < 4.78 is 6.62. The number of allylic oxidation sites excluding steroid dienone is 3. The summed E-state index contributed by atoms with van der Waals surface area (Å²) in [5.41, 5.74) is -1.41. The lowest BCUT2D eigenvalue weighted by Crippen LogP contribution is -2.58. The number of carbonyl (C=O) groups excluding carboxylic acids is 2. The minimum Gasteiger partial charge on any atom is -0.486 e. The van der Waals surface area contributed by atoms with E-state index in [9.17, 15) is 9.59 Å². The van der Waals surface area contributed by atoms with E-state index in [0.717, 1.165) is 18.4 Å². The van der Waals surface area contributed by atoms with E-state index in [1.54, 1.807) is 13.8 Å². The molecule has 0 spiro atoms. The van der Waals surface area contributed by atoms with E-state index in [2.05, 4.69) is 46.8 Å². The van der Waals surface area contributed by atoms with E-state index < -0.39 is 16.4 Å². The molecule has 0 saturated carbocycles. The third-order valence-electron chi connectivity index (χ3n) is 7.46. The molecule has 0 radical (unpaired) electrons. The van der Waals surface area contributed by atoms with Crippen LogP contribution in [-0.2, 0) is 14.3 Å². The number of hydrogen-bond donors (Lipinski definition) is 0. The maximum atomic E-state index is 13.6. The highest BCUT2D eigenvalue weighted by molar-refractivity contribution is 6.19. The topological polar surface area (TPSA) is 43.4 Å². The molecule has 3 heteroatoms. The Morgan fingerprint density at radius 1 is 1.04 bits per heavy atom. The summed E-state index contributed by atoms with van der Waals surface area (Å²) in [5.74, 6) is 2.52. The summed E-state index contributed by atoms with van der Waals surface area (Å²) in [4.78, 5) is 26.8. The van der Waals surface area contributed by atoms with Gasteiger partial charge < -0.3 is 4.74 Å². The molecule has 0 amide bonds. The third-order valence-corrected chi connectivity index (χ3v) is 7.46. The molecule has 28 heavy (non-hydrogen) atoms. The van der Waals surface area contributed by atoms with Gasteiger partial charge in [-0.3, -0.25) is 9.59 Å². The van der Waals surface area contributed by atoms with Crippen molar-refractivity contribution in [3.8, 4) is 0 Å². The average molecular weight is 387 g/mol. The highest BCUT2D eigenvalue weighted by Crippen LogP contribution is 2.57. The smallest absolute Gasteiger partial charge is 0.175 e. The van der Waals surface area contributed by atoms with Crippen LogP contribution in [0.3, 0.4) is 0 Å². The zero-order valence-corrected chi connectivity index (χ0v) is 19.2. The van der Waals surface area contributed by atoms with Crippen molar-refractivity contribution in [3.05, 3.63) is 23.5 Å². The summed E-state index contributed by atoms with van der Waals surface area (Å²) in [5, 5.41) is 0. The van der Waals surface area contributed by atoms with Crippen LogP contribution in [-0.4, -0.2) is 17.2 Å². The molecule has 0 N–H and O–H groups in total. The fourth-order valence-corrected chi connectivity index (χ4v) is 5.71. The monoisotopic (exact) mass is 386 g/mol. The minimum atomic E-state index is -0.989. The van der Waals surface area contributed by atoms with Crippen LogP contribution in [0.15, 0.2) is 23.5 Å². The molecule has 0 aromatic rings.